The third kappa shape index (κ3) is 4.49. The summed E-state index contributed by atoms with van der Waals surface area (Å²) in [5.41, 5.74) is 4.40. The molecule has 0 unspecified atom stereocenters. The van der Waals surface area contributed by atoms with Gasteiger partial charge in [-0.15, -0.1) is 11.3 Å². The van der Waals surface area contributed by atoms with Crippen LogP contribution in [0.5, 0.6) is 0 Å². The van der Waals surface area contributed by atoms with Gasteiger partial charge in [-0.25, -0.2) is 4.98 Å². The fourth-order valence-corrected chi connectivity index (χ4v) is 3.55. The molecular weight excluding hydrogens is 342 g/mol. The van der Waals surface area contributed by atoms with Gasteiger partial charge in [-0.05, 0) is 47.5 Å². The number of nitrogens with one attached hydrogen (secondary N) is 2. The van der Waals surface area contributed by atoms with Gasteiger partial charge in [0.15, 0.2) is 0 Å². The highest BCUT2D eigenvalue weighted by Gasteiger charge is 2.08. The number of anilines is 3. The number of para-hydroxylation sites is 1. The lowest BCUT2D eigenvalue weighted by Crippen LogP contribution is -2.13. The highest BCUT2D eigenvalue weighted by molar-refractivity contribution is 7.10. The number of carbonyl (C=O) groups excluding carboxylic acids is 1. The summed E-state index contributed by atoms with van der Waals surface area (Å²) in [7, 11) is 0. The van der Waals surface area contributed by atoms with Gasteiger partial charge >= 0.3 is 0 Å². The van der Waals surface area contributed by atoms with E-state index < -0.39 is 0 Å². The molecule has 2 aromatic heterocycles. The molecule has 0 saturated carbocycles. The van der Waals surface area contributed by atoms with Gasteiger partial charge in [0.05, 0.1) is 18.3 Å². The summed E-state index contributed by atoms with van der Waals surface area (Å²) in [4.78, 5) is 17.6. The molecule has 0 saturated heterocycles. The van der Waals surface area contributed by atoms with Crippen LogP contribution < -0.4 is 10.6 Å². The van der Waals surface area contributed by atoms with Crippen molar-refractivity contribution in [3.8, 4) is 0 Å². The molecule has 26 heavy (non-hydrogen) atoms. The van der Waals surface area contributed by atoms with Crippen LogP contribution in [0.2, 0.25) is 0 Å². The SMILES string of the molecule is CCc1cccc(CC)c1Nc1ccc(NC(=O)Cc2cccs2)cn1. The molecule has 0 fully saturated rings. The first-order valence-corrected chi connectivity index (χ1v) is 9.73. The first-order chi connectivity index (χ1) is 12.7. The number of nitrogens with zero attached hydrogens (tertiary/aromatic N) is 1. The number of thiophene rings is 1. The van der Waals surface area contributed by atoms with Gasteiger partial charge in [0.1, 0.15) is 5.82 Å². The third-order valence-electron chi connectivity index (χ3n) is 4.21. The molecule has 0 aliphatic carbocycles. The molecule has 0 atom stereocenters. The highest BCUT2D eigenvalue weighted by atomic mass is 32.1. The van der Waals surface area contributed by atoms with Gasteiger partial charge in [-0.1, -0.05) is 38.1 Å². The van der Waals surface area contributed by atoms with Crippen molar-refractivity contribution < 1.29 is 4.79 Å². The predicted molar refractivity (Wildman–Crippen MR) is 109 cm³/mol. The molecule has 1 amide bonds. The van der Waals surface area contributed by atoms with Crippen molar-refractivity contribution in [3.63, 3.8) is 0 Å². The van der Waals surface area contributed by atoms with Gasteiger partial charge in [-0.3, -0.25) is 4.79 Å². The van der Waals surface area contributed by atoms with Crippen LogP contribution in [0.25, 0.3) is 0 Å². The molecule has 1 aromatic carbocycles. The number of rotatable bonds is 7. The van der Waals surface area contributed by atoms with Gasteiger partial charge in [0.2, 0.25) is 5.91 Å². The zero-order valence-electron chi connectivity index (χ0n) is 15.1. The Balaban J connectivity index is 1.67. The fourth-order valence-electron chi connectivity index (χ4n) is 2.85. The van der Waals surface area contributed by atoms with Crippen LogP contribution in [0, 0.1) is 0 Å². The first-order valence-electron chi connectivity index (χ1n) is 8.85. The molecule has 134 valence electrons. The minimum atomic E-state index is -0.0282. The van der Waals surface area contributed by atoms with Gasteiger partial charge in [-0.2, -0.15) is 0 Å². The van der Waals surface area contributed by atoms with E-state index in [0.717, 1.165) is 29.2 Å². The molecule has 3 rings (SSSR count). The Morgan fingerprint density at radius 3 is 2.38 bits per heavy atom. The summed E-state index contributed by atoms with van der Waals surface area (Å²) >= 11 is 1.59. The molecule has 0 radical (unpaired) electrons. The smallest absolute Gasteiger partial charge is 0.229 e. The number of carbonyl (C=O) groups is 1. The van der Waals surface area contributed by atoms with E-state index >= 15 is 0 Å². The van der Waals surface area contributed by atoms with E-state index in [0.29, 0.717) is 12.1 Å². The molecule has 2 heterocycles. The molecule has 3 aromatic rings. The second kappa shape index (κ2) is 8.63. The Morgan fingerprint density at radius 2 is 1.81 bits per heavy atom. The number of benzene rings is 1. The van der Waals surface area contributed by atoms with Crippen molar-refractivity contribution in [1.82, 2.24) is 4.98 Å². The number of aryl methyl sites for hydroxylation is 2. The highest BCUT2D eigenvalue weighted by Crippen LogP contribution is 2.26. The van der Waals surface area contributed by atoms with E-state index in [1.807, 2.05) is 29.6 Å². The van der Waals surface area contributed by atoms with Crippen molar-refractivity contribution in [2.45, 2.75) is 33.1 Å². The summed E-state index contributed by atoms with van der Waals surface area (Å²) in [5, 5.41) is 8.31. The molecule has 0 spiro atoms. The summed E-state index contributed by atoms with van der Waals surface area (Å²) in [6, 6.07) is 14.1. The predicted octanol–water partition coefficient (Wildman–Crippen LogP) is 5.19. The Morgan fingerprint density at radius 1 is 1.04 bits per heavy atom. The summed E-state index contributed by atoms with van der Waals surface area (Å²) in [5.74, 6) is 0.747. The number of hydrogen-bond donors (Lipinski definition) is 2. The second-order valence-electron chi connectivity index (χ2n) is 6.02. The Kier molecular flexibility index (Phi) is 6.02. The van der Waals surface area contributed by atoms with E-state index in [9.17, 15) is 4.79 Å². The third-order valence-corrected chi connectivity index (χ3v) is 5.09. The maximum absolute atomic E-state index is 12.1. The first kappa shape index (κ1) is 18.1. The van der Waals surface area contributed by atoms with Crippen LogP contribution in [0.1, 0.15) is 29.9 Å². The van der Waals surface area contributed by atoms with Crippen molar-refractivity contribution in [2.24, 2.45) is 0 Å². The van der Waals surface area contributed by atoms with Crippen molar-refractivity contribution in [2.75, 3.05) is 10.6 Å². The molecule has 0 aliphatic rings. The Hall–Kier alpha value is -2.66. The van der Waals surface area contributed by atoms with Crippen LogP contribution in [0.3, 0.4) is 0 Å². The Bertz CT molecular complexity index is 835. The number of hydrogen-bond acceptors (Lipinski definition) is 4. The largest absolute Gasteiger partial charge is 0.340 e. The molecule has 5 heteroatoms. The fraction of sp³-hybridized carbons (Fsp3) is 0.238. The van der Waals surface area contributed by atoms with E-state index in [4.69, 9.17) is 0 Å². The van der Waals surface area contributed by atoms with Crippen LogP contribution in [0.4, 0.5) is 17.2 Å². The molecule has 0 aliphatic heterocycles. The Labute approximate surface area is 158 Å². The van der Waals surface area contributed by atoms with Crippen molar-refractivity contribution in [3.05, 3.63) is 70.0 Å². The standard InChI is InChI=1S/C21H23N3OS/c1-3-15-7-5-8-16(4-2)21(15)24-19-11-10-17(14-22-19)23-20(25)13-18-9-6-12-26-18/h5-12,14H,3-4,13H2,1-2H3,(H,22,24)(H,23,25). The van der Waals surface area contributed by atoms with Crippen LogP contribution in [0.15, 0.2) is 54.0 Å². The van der Waals surface area contributed by atoms with Crippen molar-refractivity contribution in [1.29, 1.82) is 0 Å². The van der Waals surface area contributed by atoms with Gasteiger partial charge in [0, 0.05) is 10.6 Å². The number of aromatic nitrogens is 1. The minimum Gasteiger partial charge on any atom is -0.340 e. The molecule has 4 nitrogen and oxygen atoms in total. The lowest BCUT2D eigenvalue weighted by atomic mass is 10.0. The zero-order valence-corrected chi connectivity index (χ0v) is 15.9. The number of pyridine rings is 1. The minimum absolute atomic E-state index is 0.0282. The lowest BCUT2D eigenvalue weighted by molar-refractivity contribution is -0.115. The maximum Gasteiger partial charge on any atom is 0.229 e. The van der Waals surface area contributed by atoms with Crippen LogP contribution in [-0.4, -0.2) is 10.9 Å². The van der Waals surface area contributed by atoms with Crippen LogP contribution >= 0.6 is 11.3 Å². The lowest BCUT2D eigenvalue weighted by Gasteiger charge is -2.15. The maximum atomic E-state index is 12.1. The van der Waals surface area contributed by atoms with Crippen LogP contribution in [-0.2, 0) is 24.1 Å². The average molecular weight is 366 g/mol. The molecule has 2 N–H and O–H groups in total. The quantitative estimate of drug-likeness (QED) is 0.605. The van der Waals surface area contributed by atoms with Gasteiger partial charge in [0.25, 0.3) is 0 Å². The van der Waals surface area contributed by atoms with E-state index in [1.165, 1.54) is 11.1 Å². The van der Waals surface area contributed by atoms with E-state index in [-0.39, 0.29) is 5.91 Å². The van der Waals surface area contributed by atoms with Crippen molar-refractivity contribution >= 4 is 34.4 Å². The van der Waals surface area contributed by atoms with Gasteiger partial charge < -0.3 is 10.6 Å². The summed E-state index contributed by atoms with van der Waals surface area (Å²) in [6.07, 6.45) is 4.01. The normalized spacial score (nSPS) is 10.5. The summed E-state index contributed by atoms with van der Waals surface area (Å²) in [6.45, 7) is 4.30. The van der Waals surface area contributed by atoms with E-state index in [2.05, 4.69) is 47.7 Å². The molecule has 0 bridgehead atoms. The zero-order chi connectivity index (χ0) is 18.4. The number of amides is 1. The topological polar surface area (TPSA) is 54.0 Å². The van der Waals surface area contributed by atoms with E-state index in [1.54, 1.807) is 17.5 Å². The second-order valence-corrected chi connectivity index (χ2v) is 7.05. The summed E-state index contributed by atoms with van der Waals surface area (Å²) < 4.78 is 0. The molecular formula is C21H23N3OS. The average Bonchev–Trinajstić information content (AvgIpc) is 3.16. The monoisotopic (exact) mass is 365 g/mol.